The number of aromatic nitrogens is 5. The normalized spacial score (nSPS) is 11.1. The molecule has 0 saturated heterocycles. The van der Waals surface area contributed by atoms with Crippen molar-refractivity contribution in [3.63, 3.8) is 0 Å². The summed E-state index contributed by atoms with van der Waals surface area (Å²) in [5.74, 6) is -1.22. The van der Waals surface area contributed by atoms with Crippen molar-refractivity contribution in [3.05, 3.63) is 53.6 Å². The van der Waals surface area contributed by atoms with Gasteiger partial charge in [-0.05, 0) is 13.0 Å². The molecular weight excluding hydrogens is 380 g/mol. The Kier molecular flexibility index (Phi) is 4.67. The second-order valence-electron chi connectivity index (χ2n) is 6.20. The van der Waals surface area contributed by atoms with Crippen LogP contribution in [0.4, 0.5) is 20.7 Å². The van der Waals surface area contributed by atoms with E-state index in [0.717, 1.165) is 12.1 Å². The van der Waals surface area contributed by atoms with Gasteiger partial charge in [0.2, 0.25) is 11.9 Å². The van der Waals surface area contributed by atoms with E-state index in [1.165, 1.54) is 4.68 Å². The minimum Gasteiger partial charge on any atom is -0.494 e. The molecule has 148 valence electrons. The van der Waals surface area contributed by atoms with Crippen molar-refractivity contribution >= 4 is 22.8 Å². The van der Waals surface area contributed by atoms with Crippen LogP contribution >= 0.6 is 0 Å². The van der Waals surface area contributed by atoms with E-state index in [1.54, 1.807) is 25.1 Å². The van der Waals surface area contributed by atoms with Crippen LogP contribution in [0.15, 0.2) is 36.4 Å². The van der Waals surface area contributed by atoms with Gasteiger partial charge in [0.15, 0.2) is 5.82 Å². The van der Waals surface area contributed by atoms with Crippen molar-refractivity contribution in [2.75, 3.05) is 18.1 Å². The van der Waals surface area contributed by atoms with Gasteiger partial charge in [-0.3, -0.25) is 4.68 Å². The first-order valence-corrected chi connectivity index (χ1v) is 8.80. The van der Waals surface area contributed by atoms with Crippen molar-refractivity contribution in [1.29, 1.82) is 0 Å². The molecule has 0 radical (unpaired) electrons. The van der Waals surface area contributed by atoms with Crippen LogP contribution < -0.4 is 16.2 Å². The van der Waals surface area contributed by atoms with E-state index in [4.69, 9.17) is 16.2 Å². The Morgan fingerprint density at radius 1 is 1.00 bits per heavy atom. The molecule has 4 aromatic rings. The van der Waals surface area contributed by atoms with E-state index in [-0.39, 0.29) is 35.6 Å². The Labute approximate surface area is 164 Å². The Balaban J connectivity index is 1.82. The molecular formula is C19H17F2N7O. The zero-order valence-corrected chi connectivity index (χ0v) is 15.4. The molecule has 4 N–H and O–H groups in total. The van der Waals surface area contributed by atoms with Crippen LogP contribution in [0.2, 0.25) is 0 Å². The first-order valence-electron chi connectivity index (χ1n) is 8.80. The second kappa shape index (κ2) is 7.30. The molecule has 0 amide bonds. The molecule has 2 aromatic carbocycles. The molecule has 29 heavy (non-hydrogen) atoms. The van der Waals surface area contributed by atoms with E-state index in [9.17, 15) is 8.78 Å². The van der Waals surface area contributed by atoms with E-state index >= 15 is 0 Å². The van der Waals surface area contributed by atoms with Gasteiger partial charge in [0.25, 0.3) is 0 Å². The van der Waals surface area contributed by atoms with Crippen molar-refractivity contribution in [3.8, 4) is 17.3 Å². The number of anilines is 2. The summed E-state index contributed by atoms with van der Waals surface area (Å²) in [6, 6.07) is 9.50. The highest BCUT2D eigenvalue weighted by Crippen LogP contribution is 2.28. The summed E-state index contributed by atoms with van der Waals surface area (Å²) >= 11 is 0. The number of rotatable bonds is 5. The maximum Gasteiger partial charge on any atom is 0.225 e. The molecule has 0 atom stereocenters. The number of ether oxygens (including phenoxy) is 1. The lowest BCUT2D eigenvalue weighted by Crippen LogP contribution is -2.08. The maximum absolute atomic E-state index is 14.5. The summed E-state index contributed by atoms with van der Waals surface area (Å²) < 4.78 is 35.7. The standard InChI is InChI=1S/C19H17F2N7O/c1-2-29-10-7-13(20)12(14(21)8-10)9-28-15-6-4-3-5-11(15)16(27-28)17-24-18(22)26-19(23)25-17/h3-8H,2,9H2,1H3,(H4,22,23,24,25,26). The van der Waals surface area contributed by atoms with E-state index in [2.05, 4.69) is 20.1 Å². The molecule has 0 saturated carbocycles. The Bertz CT molecular complexity index is 1170. The number of nitrogens with zero attached hydrogens (tertiary/aromatic N) is 5. The lowest BCUT2D eigenvalue weighted by atomic mass is 10.1. The molecule has 0 unspecified atom stereocenters. The smallest absolute Gasteiger partial charge is 0.225 e. The molecule has 8 nitrogen and oxygen atoms in total. The fourth-order valence-electron chi connectivity index (χ4n) is 3.06. The Morgan fingerprint density at radius 2 is 1.66 bits per heavy atom. The quantitative estimate of drug-likeness (QED) is 0.532. The van der Waals surface area contributed by atoms with Crippen molar-refractivity contribution in [1.82, 2.24) is 24.7 Å². The van der Waals surface area contributed by atoms with Gasteiger partial charge in [0.05, 0.1) is 18.7 Å². The third kappa shape index (κ3) is 3.51. The highest BCUT2D eigenvalue weighted by atomic mass is 19.1. The zero-order valence-electron chi connectivity index (χ0n) is 15.4. The van der Waals surface area contributed by atoms with Gasteiger partial charge in [0, 0.05) is 23.1 Å². The maximum atomic E-state index is 14.5. The summed E-state index contributed by atoms with van der Waals surface area (Å²) in [5.41, 5.74) is 12.2. The minimum atomic E-state index is -0.719. The van der Waals surface area contributed by atoms with Gasteiger partial charge >= 0.3 is 0 Å². The highest BCUT2D eigenvalue weighted by molar-refractivity contribution is 5.91. The molecule has 10 heteroatoms. The zero-order chi connectivity index (χ0) is 20.5. The molecule has 2 aromatic heterocycles. The van der Waals surface area contributed by atoms with Crippen LogP contribution in [0.5, 0.6) is 5.75 Å². The predicted octanol–water partition coefficient (Wildman–Crippen LogP) is 2.78. The lowest BCUT2D eigenvalue weighted by Gasteiger charge is -2.09. The molecule has 0 bridgehead atoms. The van der Waals surface area contributed by atoms with Crippen LogP contribution in [0.3, 0.4) is 0 Å². The summed E-state index contributed by atoms with van der Waals surface area (Å²) in [6.07, 6.45) is 0. The number of halogens is 2. The van der Waals surface area contributed by atoms with Crippen LogP contribution in [0, 0.1) is 11.6 Å². The third-order valence-electron chi connectivity index (χ3n) is 4.27. The summed E-state index contributed by atoms with van der Waals surface area (Å²) in [7, 11) is 0. The topological polar surface area (TPSA) is 118 Å². The third-order valence-corrected chi connectivity index (χ3v) is 4.27. The Morgan fingerprint density at radius 3 is 2.31 bits per heavy atom. The van der Waals surface area contributed by atoms with Crippen LogP contribution in [-0.2, 0) is 6.54 Å². The van der Waals surface area contributed by atoms with E-state index in [0.29, 0.717) is 23.2 Å². The van der Waals surface area contributed by atoms with Gasteiger partial charge < -0.3 is 16.2 Å². The van der Waals surface area contributed by atoms with E-state index < -0.39 is 11.6 Å². The number of para-hydroxylation sites is 1. The molecule has 4 rings (SSSR count). The van der Waals surface area contributed by atoms with Crippen LogP contribution in [0.1, 0.15) is 12.5 Å². The molecule has 0 fully saturated rings. The first kappa shape index (κ1) is 18.5. The molecule has 2 heterocycles. The number of benzene rings is 2. The van der Waals surface area contributed by atoms with Gasteiger partial charge in [-0.2, -0.15) is 20.1 Å². The summed E-state index contributed by atoms with van der Waals surface area (Å²) in [4.78, 5) is 11.9. The van der Waals surface area contributed by atoms with Gasteiger partial charge in [-0.1, -0.05) is 18.2 Å². The minimum absolute atomic E-state index is 0.0465. The average molecular weight is 397 g/mol. The molecule has 0 aliphatic heterocycles. The fraction of sp³-hybridized carbons (Fsp3) is 0.158. The van der Waals surface area contributed by atoms with Crippen LogP contribution in [0.25, 0.3) is 22.4 Å². The first-order chi connectivity index (χ1) is 14.0. The number of nitrogen functional groups attached to an aromatic ring is 2. The lowest BCUT2D eigenvalue weighted by molar-refractivity contribution is 0.335. The van der Waals surface area contributed by atoms with E-state index in [1.807, 2.05) is 6.07 Å². The molecule has 0 aliphatic carbocycles. The second-order valence-corrected chi connectivity index (χ2v) is 6.20. The van der Waals surface area contributed by atoms with Crippen molar-refractivity contribution in [2.45, 2.75) is 13.5 Å². The van der Waals surface area contributed by atoms with Gasteiger partial charge in [-0.15, -0.1) is 0 Å². The highest BCUT2D eigenvalue weighted by Gasteiger charge is 2.19. The Hall–Kier alpha value is -3.82. The number of hydrogen-bond acceptors (Lipinski definition) is 7. The van der Waals surface area contributed by atoms with Gasteiger partial charge in [-0.25, -0.2) is 8.78 Å². The predicted molar refractivity (Wildman–Crippen MR) is 104 cm³/mol. The number of fused-ring (bicyclic) bond motifs is 1. The average Bonchev–Trinajstić information content (AvgIpc) is 3.03. The van der Waals surface area contributed by atoms with Crippen LogP contribution in [-0.4, -0.2) is 31.3 Å². The molecule has 0 aliphatic rings. The fourth-order valence-corrected chi connectivity index (χ4v) is 3.06. The number of hydrogen-bond donors (Lipinski definition) is 2. The SMILES string of the molecule is CCOc1cc(F)c(Cn2nc(-c3nc(N)nc(N)n3)c3ccccc32)c(F)c1. The largest absolute Gasteiger partial charge is 0.494 e. The summed E-state index contributed by atoms with van der Waals surface area (Å²) in [5, 5.41) is 5.15. The monoisotopic (exact) mass is 397 g/mol. The van der Waals surface area contributed by atoms with Gasteiger partial charge in [0.1, 0.15) is 23.1 Å². The van der Waals surface area contributed by atoms with Crippen molar-refractivity contribution < 1.29 is 13.5 Å². The van der Waals surface area contributed by atoms with Crippen molar-refractivity contribution in [2.24, 2.45) is 0 Å². The molecule has 0 spiro atoms. The summed E-state index contributed by atoms with van der Waals surface area (Å²) in [6.45, 7) is 1.91. The number of nitrogens with two attached hydrogens (primary N) is 2.